The summed E-state index contributed by atoms with van der Waals surface area (Å²) >= 11 is 0. The molecule has 3 nitrogen and oxygen atoms in total. The minimum atomic E-state index is -2.85. The molecule has 0 heterocycles. The zero-order chi connectivity index (χ0) is 46.8. The summed E-state index contributed by atoms with van der Waals surface area (Å²) in [5, 5.41) is 0. The van der Waals surface area contributed by atoms with Crippen LogP contribution >= 0.6 is 6.83 Å². The van der Waals surface area contributed by atoms with Gasteiger partial charge in [0.15, 0.2) is 0 Å². The Bertz CT molecular complexity index is 1180. The monoisotopic (exact) mass is 921 g/mol. The molecule has 0 aliphatic heterocycles. The second-order valence-electron chi connectivity index (χ2n) is 20.8. The first kappa shape index (κ1) is 59.6. The van der Waals surface area contributed by atoms with Gasteiger partial charge in [-0.15, -0.1) is 0 Å². The van der Waals surface area contributed by atoms with Gasteiger partial charge in [-0.1, -0.05) is 39.5 Å². The van der Waals surface area contributed by atoms with E-state index in [1.807, 2.05) is 0 Å². The van der Waals surface area contributed by atoms with Crippen LogP contribution in [0.4, 0.5) is 0 Å². The van der Waals surface area contributed by atoms with E-state index in [1.165, 1.54) is 267 Å². The molecule has 0 unspecified atom stereocenters. The molecule has 0 aliphatic carbocycles. The Balaban J connectivity index is 2.58. The van der Waals surface area contributed by atoms with Crippen molar-refractivity contribution < 1.29 is 13.7 Å². The average Bonchev–Trinajstić information content (AvgIpc) is 3.32. The van der Waals surface area contributed by atoms with Gasteiger partial charge in [0.25, 0.3) is 0 Å². The molecule has 0 atom stereocenters. The van der Waals surface area contributed by atoms with Crippen LogP contribution in [0.5, 0.6) is 11.5 Å². The molecule has 0 radical (unpaired) electrons. The molecule has 0 saturated carbocycles. The van der Waals surface area contributed by atoms with Gasteiger partial charge in [0.2, 0.25) is 0 Å². The van der Waals surface area contributed by atoms with Crippen molar-refractivity contribution >= 4 is 14.2 Å². The van der Waals surface area contributed by atoms with Gasteiger partial charge < -0.3 is 0 Å². The van der Waals surface area contributed by atoms with Gasteiger partial charge in [-0.2, -0.15) is 0 Å². The van der Waals surface area contributed by atoms with Crippen molar-refractivity contribution in [3.8, 4) is 11.5 Å². The molecule has 2 aromatic rings. The Labute approximate surface area is 407 Å². The van der Waals surface area contributed by atoms with Crippen molar-refractivity contribution in [2.45, 2.75) is 286 Å². The van der Waals surface area contributed by atoms with Crippen LogP contribution in [0.15, 0.2) is 48.5 Å². The summed E-state index contributed by atoms with van der Waals surface area (Å²) in [5.74, 6) is 1.74. The minimum absolute atomic E-state index is 0.762. The number of unbranched alkanes of at least 4 members (excludes halogenated alkanes) is 30. The summed E-state index contributed by atoms with van der Waals surface area (Å²) in [6.45, 7) is 11.1. The predicted molar refractivity (Wildman–Crippen MR) is 295 cm³/mol. The first-order chi connectivity index (χ1) is 31.9. The topological polar surface area (TPSA) is 27.7 Å². The third-order valence-corrected chi connectivity index (χ3v) is 21.2. The fraction of sp³-hybridized carbons (Fsp3) is 0.800. The molecule has 0 N–H and O–H groups in total. The maximum absolute atomic E-state index is 8.11. The van der Waals surface area contributed by atoms with E-state index in [0.29, 0.717) is 0 Å². The Morgan fingerprint density at radius 2 is 0.523 bits per heavy atom. The van der Waals surface area contributed by atoms with E-state index >= 15 is 0 Å². The summed E-state index contributed by atoms with van der Waals surface area (Å²) in [5.41, 5.74) is 2.81. The second-order valence-corrected chi connectivity index (χ2v) is 26.5. The van der Waals surface area contributed by atoms with Crippen molar-refractivity contribution in [1.29, 1.82) is 0 Å². The molecule has 5 heteroatoms. The Hall–Kier alpha value is -1.51. The summed E-state index contributed by atoms with van der Waals surface area (Å²) in [6, 6.07) is 18.0. The van der Waals surface area contributed by atoms with Gasteiger partial charge in [-0.05, 0) is 0 Å². The van der Waals surface area contributed by atoms with E-state index in [1.54, 1.807) is 0 Å². The molecule has 0 fully saturated rings. The molecule has 65 heavy (non-hydrogen) atoms. The van der Waals surface area contributed by atoms with E-state index in [0.717, 1.165) is 24.3 Å². The van der Waals surface area contributed by atoms with Crippen LogP contribution in [0.2, 0.25) is 0 Å². The zero-order valence-corrected chi connectivity index (χ0v) is 45.5. The molecule has 0 spiro atoms. The van der Waals surface area contributed by atoms with Crippen LogP contribution in [0.3, 0.4) is 0 Å². The Kier molecular flexibility index (Phi) is 37.0. The third kappa shape index (κ3) is 29.2. The molecule has 2 aromatic carbocycles. The summed E-state index contributed by atoms with van der Waals surface area (Å²) < 4.78 is 22.3. The summed E-state index contributed by atoms with van der Waals surface area (Å²) in [6.07, 6.45) is 54.9. The van der Waals surface area contributed by atoms with Gasteiger partial charge in [-0.3, -0.25) is 0 Å². The van der Waals surface area contributed by atoms with Crippen molar-refractivity contribution in [2.75, 3.05) is 24.6 Å². The fourth-order valence-corrected chi connectivity index (χ4v) is 16.7. The molecule has 0 aromatic heterocycles. The summed E-state index contributed by atoms with van der Waals surface area (Å²) in [7, 11) is -0.762. The van der Waals surface area contributed by atoms with Gasteiger partial charge in [0.1, 0.15) is 0 Å². The quantitative estimate of drug-likeness (QED) is 0.0376. The van der Waals surface area contributed by atoms with E-state index in [4.69, 9.17) is 13.7 Å². The number of rotatable bonds is 48. The van der Waals surface area contributed by atoms with Crippen LogP contribution in [0, 0.1) is 0 Å². The van der Waals surface area contributed by atoms with Crippen molar-refractivity contribution in [2.24, 2.45) is 0 Å². The Morgan fingerprint density at radius 1 is 0.292 bits per heavy atom. The van der Waals surface area contributed by atoms with Crippen molar-refractivity contribution in [1.82, 2.24) is 0 Å². The molecular formula is C60H110BO3P. The van der Waals surface area contributed by atoms with E-state index in [9.17, 15) is 0 Å². The van der Waals surface area contributed by atoms with Gasteiger partial charge in [-0.25, -0.2) is 0 Å². The second kappa shape index (κ2) is 40.4. The summed E-state index contributed by atoms with van der Waals surface area (Å²) in [4.78, 5) is 0. The van der Waals surface area contributed by atoms with Gasteiger partial charge >= 0.3 is 370 Å². The Morgan fingerprint density at radius 3 is 0.785 bits per heavy atom. The predicted octanol–water partition coefficient (Wildman–Crippen LogP) is 20.9. The molecule has 0 aliphatic rings. The molecular weight excluding hydrogens is 810 g/mol. The number of hydrogen-bond acceptors (Lipinski definition) is 3. The van der Waals surface area contributed by atoms with Gasteiger partial charge in [0, 0.05) is 0 Å². The normalized spacial score (nSPS) is 12.4. The average molecular weight is 921 g/mol. The van der Waals surface area contributed by atoms with Crippen molar-refractivity contribution in [3.05, 3.63) is 59.7 Å². The molecule has 376 valence electrons. The SMILES string of the molecule is CCCCCCCCc1ccc(OB(Oc2ccc(CCCCCCCC)cc2)OP(CCCCCCCC)(CCCCCCCC)(CCCCCCCC)CCCCCCCC)cc1. The number of benzene rings is 2. The fourth-order valence-electron chi connectivity index (χ4n) is 10.3. The number of aryl methyl sites for hydroxylation is 2. The third-order valence-electron chi connectivity index (χ3n) is 14.6. The van der Waals surface area contributed by atoms with E-state index in [-0.39, 0.29) is 0 Å². The van der Waals surface area contributed by atoms with Crippen LogP contribution in [0.1, 0.15) is 284 Å². The standard InChI is InChI=1S/C60H110BO3P/c1-7-13-19-25-31-37-43-57-45-49-59(50-46-57)62-61(63-60-51-47-58(48-52-60)44-38-32-26-20-14-8-2)64-65(53-39-33-27-21-15-9-3,54-40-34-28-22-16-10-4,55-41-35-29-23-17-11-5)56-42-36-30-24-18-12-6/h45-52H,7-44,53-56H2,1-6H3. The van der Waals surface area contributed by atoms with Gasteiger partial charge in [0.05, 0.1) is 0 Å². The van der Waals surface area contributed by atoms with Crippen LogP contribution in [-0.2, 0) is 17.3 Å². The molecule has 2 rings (SSSR count). The zero-order valence-electron chi connectivity index (χ0n) is 44.6. The molecule has 0 amide bonds. The molecule has 0 saturated heterocycles. The van der Waals surface area contributed by atoms with E-state index in [2.05, 4.69) is 90.1 Å². The molecule has 0 bridgehead atoms. The van der Waals surface area contributed by atoms with Crippen molar-refractivity contribution in [3.63, 3.8) is 0 Å². The van der Waals surface area contributed by atoms with E-state index < -0.39 is 14.2 Å². The van der Waals surface area contributed by atoms with Crippen LogP contribution in [0.25, 0.3) is 0 Å². The van der Waals surface area contributed by atoms with Crippen LogP contribution in [-0.4, -0.2) is 32.0 Å². The van der Waals surface area contributed by atoms with Crippen LogP contribution < -0.4 is 9.31 Å². The first-order valence-corrected chi connectivity index (χ1v) is 32.1. The first-order valence-electron chi connectivity index (χ1n) is 29.2. The maximum atomic E-state index is 8.11. The number of hydrogen-bond donors (Lipinski definition) is 0.